The highest BCUT2D eigenvalue weighted by Crippen LogP contribution is 2.05. The van der Waals surface area contributed by atoms with Gasteiger partial charge in [0.15, 0.2) is 0 Å². The van der Waals surface area contributed by atoms with E-state index in [1.54, 1.807) is 12.1 Å². The number of hydrogen-bond donors (Lipinski definition) is 2. The highest BCUT2D eigenvalue weighted by molar-refractivity contribution is 5.96. The van der Waals surface area contributed by atoms with Gasteiger partial charge in [-0.2, -0.15) is 0 Å². The summed E-state index contributed by atoms with van der Waals surface area (Å²) in [6, 6.07) is 7.12. The second-order valence-corrected chi connectivity index (χ2v) is 3.25. The zero-order valence-corrected chi connectivity index (χ0v) is 9.24. The monoisotopic (exact) mass is 222 g/mol. The first-order chi connectivity index (χ1) is 7.65. The van der Waals surface area contributed by atoms with Crippen molar-refractivity contribution in [2.24, 2.45) is 0 Å². The summed E-state index contributed by atoms with van der Waals surface area (Å²) in [5.41, 5.74) is 5.93. The van der Waals surface area contributed by atoms with Crippen molar-refractivity contribution < 1.29 is 14.3 Å². The number of hydrogen-bond acceptors (Lipinski definition) is 3. The standard InChI is InChI=1S/C11H14N2O3/c1-8-5-3-4-6-9(8)11(15)13-12-10(14)7-16-2/h3-6H,7H2,1-2H3,(H,12,14)(H,13,15). The van der Waals surface area contributed by atoms with Crippen LogP contribution in [0.15, 0.2) is 24.3 Å². The molecule has 1 rings (SSSR count). The molecule has 0 aliphatic rings. The van der Waals surface area contributed by atoms with Crippen LogP contribution in [0.5, 0.6) is 0 Å². The Morgan fingerprint density at radius 1 is 1.25 bits per heavy atom. The number of rotatable bonds is 3. The van der Waals surface area contributed by atoms with E-state index in [0.717, 1.165) is 5.56 Å². The van der Waals surface area contributed by atoms with E-state index in [9.17, 15) is 9.59 Å². The lowest BCUT2D eigenvalue weighted by Gasteiger charge is -2.08. The average Bonchev–Trinajstić information content (AvgIpc) is 2.27. The molecule has 1 aromatic carbocycles. The van der Waals surface area contributed by atoms with E-state index in [2.05, 4.69) is 15.6 Å². The molecule has 5 nitrogen and oxygen atoms in total. The normalized spacial score (nSPS) is 9.62. The fourth-order valence-electron chi connectivity index (χ4n) is 1.19. The van der Waals surface area contributed by atoms with Crippen molar-refractivity contribution in [3.63, 3.8) is 0 Å². The predicted octanol–water partition coefficient (Wildman–Crippen LogP) is 0.402. The van der Waals surface area contributed by atoms with Crippen LogP contribution in [-0.2, 0) is 9.53 Å². The van der Waals surface area contributed by atoms with Crippen LogP contribution in [0, 0.1) is 6.92 Å². The lowest BCUT2D eigenvalue weighted by Crippen LogP contribution is -2.43. The van der Waals surface area contributed by atoms with Gasteiger partial charge in [0.25, 0.3) is 11.8 Å². The number of carbonyl (C=O) groups excluding carboxylic acids is 2. The molecule has 5 heteroatoms. The molecule has 0 radical (unpaired) electrons. The molecule has 2 N–H and O–H groups in total. The topological polar surface area (TPSA) is 67.4 Å². The number of aryl methyl sites for hydroxylation is 1. The zero-order chi connectivity index (χ0) is 12.0. The van der Waals surface area contributed by atoms with Gasteiger partial charge in [0.05, 0.1) is 0 Å². The van der Waals surface area contributed by atoms with Crippen molar-refractivity contribution in [3.05, 3.63) is 35.4 Å². The highest BCUT2D eigenvalue weighted by Gasteiger charge is 2.08. The van der Waals surface area contributed by atoms with Gasteiger partial charge in [0.2, 0.25) is 0 Å². The first kappa shape index (κ1) is 12.2. The molecule has 0 spiro atoms. The number of carbonyl (C=O) groups is 2. The molecule has 0 aliphatic heterocycles. The molecule has 0 saturated carbocycles. The molecule has 0 unspecified atom stereocenters. The van der Waals surface area contributed by atoms with Crippen molar-refractivity contribution in [1.82, 2.24) is 10.9 Å². The molecule has 0 aliphatic carbocycles. The van der Waals surface area contributed by atoms with Crippen molar-refractivity contribution in [3.8, 4) is 0 Å². The third-order valence-corrected chi connectivity index (χ3v) is 1.98. The second-order valence-electron chi connectivity index (χ2n) is 3.25. The smallest absolute Gasteiger partial charge is 0.269 e. The van der Waals surface area contributed by atoms with Crippen molar-refractivity contribution >= 4 is 11.8 Å². The van der Waals surface area contributed by atoms with E-state index in [0.29, 0.717) is 5.56 Å². The van der Waals surface area contributed by atoms with Gasteiger partial charge in [-0.05, 0) is 18.6 Å². The Kier molecular flexibility index (Phi) is 4.47. The lowest BCUT2D eigenvalue weighted by molar-refractivity contribution is -0.125. The van der Waals surface area contributed by atoms with Crippen LogP contribution in [-0.4, -0.2) is 25.5 Å². The van der Waals surface area contributed by atoms with Gasteiger partial charge in [0, 0.05) is 12.7 Å². The summed E-state index contributed by atoms with van der Waals surface area (Å²) >= 11 is 0. The minimum absolute atomic E-state index is 0.0892. The van der Waals surface area contributed by atoms with E-state index in [1.165, 1.54) is 7.11 Å². The third-order valence-electron chi connectivity index (χ3n) is 1.98. The summed E-state index contributed by atoms with van der Waals surface area (Å²) in [4.78, 5) is 22.6. The van der Waals surface area contributed by atoms with Crippen molar-refractivity contribution in [1.29, 1.82) is 0 Å². The summed E-state index contributed by atoms with van der Waals surface area (Å²) in [5.74, 6) is -0.744. The predicted molar refractivity (Wildman–Crippen MR) is 58.7 cm³/mol. The molecule has 0 aromatic heterocycles. The van der Waals surface area contributed by atoms with Crippen LogP contribution in [0.1, 0.15) is 15.9 Å². The van der Waals surface area contributed by atoms with Crippen LogP contribution in [0.25, 0.3) is 0 Å². The summed E-state index contributed by atoms with van der Waals surface area (Å²) in [6.07, 6.45) is 0. The number of methoxy groups -OCH3 is 1. The number of amides is 2. The van der Waals surface area contributed by atoms with E-state index in [4.69, 9.17) is 0 Å². The molecular formula is C11H14N2O3. The van der Waals surface area contributed by atoms with Crippen LogP contribution in [0.2, 0.25) is 0 Å². The Hall–Kier alpha value is -1.88. The fraction of sp³-hybridized carbons (Fsp3) is 0.273. The minimum atomic E-state index is -0.399. The van der Waals surface area contributed by atoms with Gasteiger partial charge in [0.1, 0.15) is 6.61 Å². The Morgan fingerprint density at radius 2 is 1.94 bits per heavy atom. The maximum Gasteiger partial charge on any atom is 0.269 e. The number of benzene rings is 1. The number of ether oxygens (including phenoxy) is 1. The van der Waals surface area contributed by atoms with Gasteiger partial charge in [-0.1, -0.05) is 18.2 Å². The SMILES string of the molecule is COCC(=O)NNC(=O)c1ccccc1C. The summed E-state index contributed by atoms with van der Waals surface area (Å²) in [6.45, 7) is 1.74. The Bertz CT molecular complexity index is 391. The average molecular weight is 222 g/mol. The molecule has 0 saturated heterocycles. The third kappa shape index (κ3) is 3.36. The van der Waals surface area contributed by atoms with Crippen LogP contribution < -0.4 is 10.9 Å². The summed E-state index contributed by atoms with van der Waals surface area (Å²) < 4.78 is 4.60. The van der Waals surface area contributed by atoms with E-state index < -0.39 is 5.91 Å². The molecule has 0 atom stereocenters. The van der Waals surface area contributed by atoms with Crippen LogP contribution in [0.3, 0.4) is 0 Å². The quantitative estimate of drug-likeness (QED) is 0.727. The van der Waals surface area contributed by atoms with E-state index in [1.807, 2.05) is 19.1 Å². The molecule has 2 amide bonds. The second kappa shape index (κ2) is 5.87. The lowest BCUT2D eigenvalue weighted by atomic mass is 10.1. The van der Waals surface area contributed by atoms with Crippen LogP contribution in [0.4, 0.5) is 0 Å². The van der Waals surface area contributed by atoms with Crippen molar-refractivity contribution in [2.45, 2.75) is 6.92 Å². The first-order valence-electron chi connectivity index (χ1n) is 4.79. The minimum Gasteiger partial charge on any atom is -0.375 e. The molecule has 0 heterocycles. The van der Waals surface area contributed by atoms with Gasteiger partial charge in [-0.3, -0.25) is 20.4 Å². The maximum absolute atomic E-state index is 11.6. The fourth-order valence-corrected chi connectivity index (χ4v) is 1.19. The Balaban J connectivity index is 2.54. The van der Waals surface area contributed by atoms with E-state index in [-0.39, 0.29) is 12.5 Å². The molecular weight excluding hydrogens is 208 g/mol. The first-order valence-corrected chi connectivity index (χ1v) is 4.79. The van der Waals surface area contributed by atoms with Gasteiger partial charge in [-0.15, -0.1) is 0 Å². The molecule has 1 aromatic rings. The van der Waals surface area contributed by atoms with Crippen molar-refractivity contribution in [2.75, 3.05) is 13.7 Å². The molecule has 16 heavy (non-hydrogen) atoms. The largest absolute Gasteiger partial charge is 0.375 e. The molecule has 86 valence electrons. The highest BCUT2D eigenvalue weighted by atomic mass is 16.5. The summed E-state index contributed by atoms with van der Waals surface area (Å²) in [7, 11) is 1.41. The zero-order valence-electron chi connectivity index (χ0n) is 9.24. The maximum atomic E-state index is 11.6. The van der Waals surface area contributed by atoms with Gasteiger partial charge < -0.3 is 4.74 Å². The van der Waals surface area contributed by atoms with Crippen LogP contribution >= 0.6 is 0 Å². The Morgan fingerprint density at radius 3 is 2.56 bits per heavy atom. The van der Waals surface area contributed by atoms with E-state index >= 15 is 0 Å². The Labute approximate surface area is 93.8 Å². The van der Waals surface area contributed by atoms with Gasteiger partial charge in [-0.25, -0.2) is 0 Å². The van der Waals surface area contributed by atoms with Gasteiger partial charge >= 0.3 is 0 Å². The molecule has 0 fully saturated rings. The summed E-state index contributed by atoms with van der Waals surface area (Å²) in [5, 5.41) is 0. The molecule has 0 bridgehead atoms. The number of hydrazine groups is 1. The number of nitrogens with one attached hydrogen (secondary N) is 2.